The first kappa shape index (κ1) is 17.9. The summed E-state index contributed by atoms with van der Waals surface area (Å²) in [6.07, 6.45) is 2.34. The highest BCUT2D eigenvalue weighted by molar-refractivity contribution is 6.35. The first-order valence-corrected chi connectivity index (χ1v) is 9.68. The zero-order valence-electron chi connectivity index (χ0n) is 15.5. The lowest BCUT2D eigenvalue weighted by molar-refractivity contribution is -0.144. The minimum absolute atomic E-state index is 0.404. The number of rotatable bonds is 5. The van der Waals surface area contributed by atoms with Crippen LogP contribution in [-0.2, 0) is 14.4 Å². The fraction of sp³-hybridized carbons (Fsp3) is 0.261. The highest BCUT2D eigenvalue weighted by Gasteiger charge is 2.40. The molecule has 138 valence electrons. The van der Waals surface area contributed by atoms with Gasteiger partial charge in [0.05, 0.1) is 12.6 Å². The van der Waals surface area contributed by atoms with Crippen molar-refractivity contribution in [1.29, 1.82) is 0 Å². The molecule has 0 aliphatic heterocycles. The number of fused-ring (bicyclic) bond motifs is 5. The number of carbonyl (C=O) groups excluding carboxylic acids is 1. The molecule has 0 amide bonds. The van der Waals surface area contributed by atoms with Crippen LogP contribution in [0.4, 0.5) is 0 Å². The maximum atomic E-state index is 12.7. The van der Waals surface area contributed by atoms with Gasteiger partial charge in [-0.25, -0.2) is 4.79 Å². The SMILES string of the molecule is CCCCC(Cl)(C(=O)OC)c1cccc2ccc3c4ccccc4[nH]c3c12. The number of carbonyl (C=O) groups is 1. The van der Waals surface area contributed by atoms with Gasteiger partial charge in [-0.2, -0.15) is 0 Å². The third kappa shape index (κ3) is 2.78. The van der Waals surface area contributed by atoms with Gasteiger partial charge in [0.15, 0.2) is 4.87 Å². The van der Waals surface area contributed by atoms with Crippen LogP contribution in [0.3, 0.4) is 0 Å². The largest absolute Gasteiger partial charge is 0.467 e. The summed E-state index contributed by atoms with van der Waals surface area (Å²) in [4.78, 5) is 15.1. The second-order valence-corrected chi connectivity index (χ2v) is 7.60. The first-order valence-electron chi connectivity index (χ1n) is 9.30. The van der Waals surface area contributed by atoms with Crippen molar-refractivity contribution < 1.29 is 9.53 Å². The molecule has 4 rings (SSSR count). The zero-order chi connectivity index (χ0) is 19.0. The smallest absolute Gasteiger partial charge is 0.331 e. The Kier molecular flexibility index (Phi) is 4.56. The van der Waals surface area contributed by atoms with E-state index in [2.05, 4.69) is 42.2 Å². The summed E-state index contributed by atoms with van der Waals surface area (Å²) in [7, 11) is 1.40. The molecular formula is C23H22ClNO2. The molecule has 1 N–H and O–H groups in total. The van der Waals surface area contributed by atoms with Gasteiger partial charge in [-0.3, -0.25) is 0 Å². The number of alkyl halides is 1. The fourth-order valence-corrected chi connectivity index (χ4v) is 4.32. The molecule has 1 aromatic heterocycles. The van der Waals surface area contributed by atoms with E-state index in [1.807, 2.05) is 24.3 Å². The highest BCUT2D eigenvalue weighted by atomic mass is 35.5. The molecule has 1 unspecified atom stereocenters. The number of nitrogens with one attached hydrogen (secondary N) is 1. The predicted molar refractivity (Wildman–Crippen MR) is 112 cm³/mol. The summed E-state index contributed by atoms with van der Waals surface area (Å²) in [6.45, 7) is 2.09. The Balaban J connectivity index is 2.09. The summed E-state index contributed by atoms with van der Waals surface area (Å²) in [6, 6.07) is 18.4. The van der Waals surface area contributed by atoms with E-state index in [9.17, 15) is 4.79 Å². The third-order valence-corrected chi connectivity index (χ3v) is 5.88. The minimum Gasteiger partial charge on any atom is -0.467 e. The number of unbranched alkanes of at least 4 members (excludes halogenated alkanes) is 1. The van der Waals surface area contributed by atoms with Crippen molar-refractivity contribution in [2.45, 2.75) is 31.1 Å². The lowest BCUT2D eigenvalue weighted by Crippen LogP contribution is -2.31. The Labute approximate surface area is 163 Å². The molecule has 0 fully saturated rings. The molecule has 1 heterocycles. The Bertz CT molecular complexity index is 1150. The number of benzene rings is 3. The van der Waals surface area contributed by atoms with Crippen LogP contribution in [0, 0.1) is 0 Å². The number of ether oxygens (including phenoxy) is 1. The van der Waals surface area contributed by atoms with E-state index in [4.69, 9.17) is 16.3 Å². The molecule has 0 radical (unpaired) electrons. The van der Waals surface area contributed by atoms with E-state index in [1.54, 1.807) is 0 Å². The van der Waals surface area contributed by atoms with Crippen molar-refractivity contribution >= 4 is 50.1 Å². The molecular weight excluding hydrogens is 358 g/mol. The number of hydrogen-bond donors (Lipinski definition) is 1. The molecule has 4 aromatic rings. The molecule has 0 saturated heterocycles. The van der Waals surface area contributed by atoms with E-state index in [-0.39, 0.29) is 0 Å². The number of esters is 1. The molecule has 0 bridgehead atoms. The number of H-pyrrole nitrogens is 1. The van der Waals surface area contributed by atoms with Gasteiger partial charge in [-0.15, -0.1) is 11.6 Å². The fourth-order valence-electron chi connectivity index (χ4n) is 3.95. The van der Waals surface area contributed by atoms with E-state index < -0.39 is 10.8 Å². The first-order chi connectivity index (χ1) is 13.1. The third-order valence-electron chi connectivity index (χ3n) is 5.33. The highest BCUT2D eigenvalue weighted by Crippen LogP contribution is 2.42. The molecule has 3 aromatic carbocycles. The minimum atomic E-state index is -1.20. The number of hydrogen-bond acceptors (Lipinski definition) is 2. The van der Waals surface area contributed by atoms with E-state index >= 15 is 0 Å². The standard InChI is InChI=1S/C23H22ClNO2/c1-3-4-14-23(24,22(26)27-2)18-10-7-8-15-12-13-17-16-9-5-6-11-19(16)25-21(17)20(15)18/h5-13,25H,3-4,14H2,1-2H3. The average molecular weight is 380 g/mol. The topological polar surface area (TPSA) is 42.1 Å². The number of aromatic amines is 1. The van der Waals surface area contributed by atoms with Gasteiger partial charge in [-0.1, -0.05) is 68.3 Å². The van der Waals surface area contributed by atoms with Gasteiger partial charge in [0.25, 0.3) is 0 Å². The summed E-state index contributed by atoms with van der Waals surface area (Å²) in [5.74, 6) is -0.404. The summed E-state index contributed by atoms with van der Waals surface area (Å²) >= 11 is 6.98. The molecule has 4 heteroatoms. The Morgan fingerprint density at radius 1 is 1.07 bits per heavy atom. The number of methoxy groups -OCH3 is 1. The second kappa shape index (κ2) is 6.90. The monoisotopic (exact) mass is 379 g/mol. The van der Waals surface area contributed by atoms with Gasteiger partial charge in [-0.05, 0) is 23.4 Å². The van der Waals surface area contributed by atoms with E-state index in [1.165, 1.54) is 7.11 Å². The van der Waals surface area contributed by atoms with Crippen LogP contribution >= 0.6 is 11.6 Å². The van der Waals surface area contributed by atoms with Crippen molar-refractivity contribution in [2.24, 2.45) is 0 Å². The maximum Gasteiger partial charge on any atom is 0.331 e. The average Bonchev–Trinajstić information content (AvgIpc) is 3.09. The normalized spacial score (nSPS) is 13.9. The van der Waals surface area contributed by atoms with Crippen LogP contribution < -0.4 is 0 Å². The lowest BCUT2D eigenvalue weighted by Gasteiger charge is -2.26. The molecule has 0 aliphatic carbocycles. The Morgan fingerprint density at radius 3 is 2.67 bits per heavy atom. The van der Waals surface area contributed by atoms with Gasteiger partial charge < -0.3 is 9.72 Å². The molecule has 27 heavy (non-hydrogen) atoms. The van der Waals surface area contributed by atoms with Crippen LogP contribution in [0.1, 0.15) is 31.7 Å². The molecule has 0 aliphatic rings. The lowest BCUT2D eigenvalue weighted by atomic mass is 9.88. The van der Waals surface area contributed by atoms with Gasteiger partial charge >= 0.3 is 5.97 Å². The predicted octanol–water partition coefficient (Wildman–Crippen LogP) is 6.27. The van der Waals surface area contributed by atoms with Crippen LogP contribution in [0.15, 0.2) is 54.6 Å². The zero-order valence-corrected chi connectivity index (χ0v) is 16.3. The van der Waals surface area contributed by atoms with Crippen molar-refractivity contribution in [3.05, 3.63) is 60.2 Å². The van der Waals surface area contributed by atoms with Crippen LogP contribution in [0.25, 0.3) is 32.6 Å². The van der Waals surface area contributed by atoms with Crippen LogP contribution in [0.2, 0.25) is 0 Å². The molecule has 0 spiro atoms. The summed E-state index contributed by atoms with van der Waals surface area (Å²) < 4.78 is 5.11. The second-order valence-electron chi connectivity index (χ2n) is 6.96. The molecule has 1 atom stereocenters. The summed E-state index contributed by atoms with van der Waals surface area (Å²) in [5, 5.41) is 4.33. The van der Waals surface area contributed by atoms with Crippen LogP contribution in [-0.4, -0.2) is 18.1 Å². The van der Waals surface area contributed by atoms with Crippen molar-refractivity contribution in [3.63, 3.8) is 0 Å². The van der Waals surface area contributed by atoms with Crippen molar-refractivity contribution in [1.82, 2.24) is 4.98 Å². The van der Waals surface area contributed by atoms with Crippen molar-refractivity contribution in [3.8, 4) is 0 Å². The Morgan fingerprint density at radius 2 is 1.89 bits per heavy atom. The van der Waals surface area contributed by atoms with Gasteiger partial charge in [0.1, 0.15) is 0 Å². The number of para-hydroxylation sites is 1. The van der Waals surface area contributed by atoms with Gasteiger partial charge in [0.2, 0.25) is 0 Å². The summed E-state index contributed by atoms with van der Waals surface area (Å²) in [5.41, 5.74) is 2.88. The quantitative estimate of drug-likeness (QED) is 0.328. The van der Waals surface area contributed by atoms with Crippen molar-refractivity contribution in [2.75, 3.05) is 7.11 Å². The van der Waals surface area contributed by atoms with Gasteiger partial charge in [0, 0.05) is 21.7 Å². The van der Waals surface area contributed by atoms with E-state index in [0.29, 0.717) is 6.42 Å². The van der Waals surface area contributed by atoms with Crippen LogP contribution in [0.5, 0.6) is 0 Å². The number of halogens is 1. The Hall–Kier alpha value is -2.52. The number of aromatic nitrogens is 1. The molecule has 0 saturated carbocycles. The maximum absolute atomic E-state index is 12.7. The van der Waals surface area contributed by atoms with E-state index in [0.717, 1.165) is 51.0 Å². The molecule has 3 nitrogen and oxygen atoms in total.